The lowest BCUT2D eigenvalue weighted by atomic mass is 9.98. The van der Waals surface area contributed by atoms with Gasteiger partial charge in [-0.2, -0.15) is 0 Å². The minimum Gasteiger partial charge on any atom is -0.459 e. The number of ether oxygens (including phenoxy) is 2. The zero-order chi connectivity index (χ0) is 14.9. The topological polar surface area (TPSA) is 61.6 Å². The quantitative estimate of drug-likeness (QED) is 0.685. The second-order valence-electron chi connectivity index (χ2n) is 6.29. The summed E-state index contributed by atoms with van der Waals surface area (Å²) < 4.78 is 11.6. The number of anilines is 1. The highest BCUT2D eigenvalue weighted by molar-refractivity contribution is 5.92. The molecule has 2 fully saturated rings. The van der Waals surface area contributed by atoms with Crippen molar-refractivity contribution in [3.05, 3.63) is 29.3 Å². The number of carbonyl (C=O) groups excluding carboxylic acids is 1. The number of hydrogen-bond donors (Lipinski definition) is 1. The molecule has 1 aromatic rings. The van der Waals surface area contributed by atoms with Crippen molar-refractivity contribution < 1.29 is 14.3 Å². The average Bonchev–Trinajstić information content (AvgIpc) is 3.10. The predicted octanol–water partition coefficient (Wildman–Crippen LogP) is 3.23. The minimum atomic E-state index is -0.309. The van der Waals surface area contributed by atoms with Crippen LogP contribution in [0.15, 0.2) is 18.2 Å². The van der Waals surface area contributed by atoms with E-state index in [-0.39, 0.29) is 17.7 Å². The van der Waals surface area contributed by atoms with Crippen LogP contribution in [0.1, 0.15) is 54.4 Å². The van der Waals surface area contributed by atoms with Crippen LogP contribution in [-0.4, -0.2) is 24.3 Å². The van der Waals surface area contributed by atoms with Gasteiger partial charge in [0.05, 0.1) is 17.3 Å². The summed E-state index contributed by atoms with van der Waals surface area (Å²) in [6.07, 6.45) is 6.98. The molecule has 1 unspecified atom stereocenters. The van der Waals surface area contributed by atoms with Gasteiger partial charge < -0.3 is 15.2 Å². The fraction of sp³-hybridized carbons (Fsp3) is 0.588. The third kappa shape index (κ3) is 2.91. The molecule has 4 nitrogen and oxygen atoms in total. The molecule has 3 rings (SSSR count). The summed E-state index contributed by atoms with van der Waals surface area (Å²) in [5.41, 5.74) is 7.85. The zero-order valence-electron chi connectivity index (χ0n) is 12.6. The van der Waals surface area contributed by atoms with Gasteiger partial charge in [-0.1, -0.05) is 18.9 Å². The summed E-state index contributed by atoms with van der Waals surface area (Å²) >= 11 is 0. The smallest absolute Gasteiger partial charge is 0.338 e. The molecule has 1 saturated carbocycles. The third-order valence-corrected chi connectivity index (χ3v) is 4.85. The van der Waals surface area contributed by atoms with E-state index >= 15 is 0 Å². The Morgan fingerprint density at radius 1 is 1.38 bits per heavy atom. The maximum Gasteiger partial charge on any atom is 0.338 e. The number of carbonyl (C=O) groups is 1. The first-order chi connectivity index (χ1) is 10.1. The fourth-order valence-electron chi connectivity index (χ4n) is 3.52. The van der Waals surface area contributed by atoms with E-state index in [0.717, 1.165) is 31.2 Å². The molecule has 1 heterocycles. The molecule has 1 aliphatic carbocycles. The molecule has 0 bridgehead atoms. The van der Waals surface area contributed by atoms with E-state index in [1.807, 2.05) is 6.92 Å². The summed E-state index contributed by atoms with van der Waals surface area (Å²) in [6, 6.07) is 5.32. The van der Waals surface area contributed by atoms with E-state index in [0.29, 0.717) is 17.9 Å². The van der Waals surface area contributed by atoms with Gasteiger partial charge in [0.2, 0.25) is 0 Å². The predicted molar refractivity (Wildman–Crippen MR) is 81.2 cm³/mol. The SMILES string of the molecule is Cc1c(N)cccc1C(=O)OCC1CCC2(CCCC2)O1. The molecular weight excluding hydrogens is 266 g/mol. The van der Waals surface area contributed by atoms with Crippen LogP contribution in [0.5, 0.6) is 0 Å². The van der Waals surface area contributed by atoms with Crippen molar-refractivity contribution in [1.29, 1.82) is 0 Å². The van der Waals surface area contributed by atoms with Crippen molar-refractivity contribution in [3.63, 3.8) is 0 Å². The lowest BCUT2D eigenvalue weighted by Crippen LogP contribution is -2.27. The Kier molecular flexibility index (Phi) is 3.89. The molecule has 2 N–H and O–H groups in total. The Hall–Kier alpha value is -1.55. The number of hydrogen-bond acceptors (Lipinski definition) is 4. The van der Waals surface area contributed by atoms with Crippen molar-refractivity contribution in [2.24, 2.45) is 0 Å². The van der Waals surface area contributed by atoms with Gasteiger partial charge in [-0.05, 0) is 50.3 Å². The second-order valence-corrected chi connectivity index (χ2v) is 6.29. The molecule has 2 aliphatic rings. The molecule has 1 aromatic carbocycles. The number of nitrogen functional groups attached to an aromatic ring is 1. The molecule has 0 aromatic heterocycles. The van der Waals surface area contributed by atoms with Gasteiger partial charge in [-0.15, -0.1) is 0 Å². The highest BCUT2D eigenvalue weighted by Crippen LogP contribution is 2.43. The number of nitrogens with two attached hydrogens (primary N) is 1. The van der Waals surface area contributed by atoms with Gasteiger partial charge in [0.25, 0.3) is 0 Å². The van der Waals surface area contributed by atoms with Crippen LogP contribution in [-0.2, 0) is 9.47 Å². The largest absolute Gasteiger partial charge is 0.459 e. The van der Waals surface area contributed by atoms with E-state index in [2.05, 4.69) is 0 Å². The van der Waals surface area contributed by atoms with Crippen LogP contribution >= 0.6 is 0 Å². The first-order valence-corrected chi connectivity index (χ1v) is 7.80. The standard InChI is InChI=1S/C17H23NO3/c1-12-14(5-4-6-15(12)18)16(19)20-11-13-7-10-17(21-13)8-2-3-9-17/h4-6,13H,2-3,7-11,18H2,1H3. The molecular formula is C17H23NO3. The lowest BCUT2D eigenvalue weighted by Gasteiger charge is -2.23. The highest BCUT2D eigenvalue weighted by Gasteiger charge is 2.42. The van der Waals surface area contributed by atoms with Gasteiger partial charge >= 0.3 is 5.97 Å². The summed E-state index contributed by atoms with van der Waals surface area (Å²) in [7, 11) is 0. The van der Waals surface area contributed by atoms with Crippen LogP contribution in [0, 0.1) is 6.92 Å². The lowest BCUT2D eigenvalue weighted by molar-refractivity contribution is -0.0598. The maximum atomic E-state index is 12.2. The highest BCUT2D eigenvalue weighted by atomic mass is 16.6. The van der Waals surface area contributed by atoms with Gasteiger partial charge in [0.15, 0.2) is 0 Å². The second kappa shape index (κ2) is 5.68. The molecule has 1 atom stereocenters. The Balaban J connectivity index is 1.56. The van der Waals surface area contributed by atoms with Crippen molar-refractivity contribution >= 4 is 11.7 Å². The zero-order valence-corrected chi connectivity index (χ0v) is 12.6. The van der Waals surface area contributed by atoms with Gasteiger partial charge in [0, 0.05) is 5.69 Å². The molecule has 0 amide bonds. The van der Waals surface area contributed by atoms with Crippen LogP contribution in [0.2, 0.25) is 0 Å². The molecule has 21 heavy (non-hydrogen) atoms. The molecule has 1 aliphatic heterocycles. The Morgan fingerprint density at radius 2 is 2.14 bits per heavy atom. The number of rotatable bonds is 3. The van der Waals surface area contributed by atoms with E-state index in [1.54, 1.807) is 18.2 Å². The first kappa shape index (κ1) is 14.4. The Morgan fingerprint density at radius 3 is 2.90 bits per heavy atom. The third-order valence-electron chi connectivity index (χ3n) is 4.85. The van der Waals surface area contributed by atoms with Crippen LogP contribution in [0.3, 0.4) is 0 Å². The normalized spacial score (nSPS) is 23.6. The molecule has 4 heteroatoms. The summed E-state index contributed by atoms with van der Waals surface area (Å²) in [4.78, 5) is 12.2. The molecule has 1 spiro atoms. The van der Waals surface area contributed by atoms with E-state index in [9.17, 15) is 4.79 Å². The first-order valence-electron chi connectivity index (χ1n) is 7.80. The van der Waals surface area contributed by atoms with Crippen LogP contribution in [0.4, 0.5) is 5.69 Å². The Labute approximate surface area is 125 Å². The van der Waals surface area contributed by atoms with Crippen LogP contribution < -0.4 is 5.73 Å². The monoisotopic (exact) mass is 289 g/mol. The molecule has 0 radical (unpaired) electrons. The minimum absolute atomic E-state index is 0.0495. The molecule has 1 saturated heterocycles. The van der Waals surface area contributed by atoms with Crippen LogP contribution in [0.25, 0.3) is 0 Å². The van der Waals surface area contributed by atoms with Crippen molar-refractivity contribution in [3.8, 4) is 0 Å². The summed E-state index contributed by atoms with van der Waals surface area (Å²) in [5, 5.41) is 0. The number of esters is 1. The van der Waals surface area contributed by atoms with Crippen molar-refractivity contribution in [2.45, 2.75) is 57.2 Å². The average molecular weight is 289 g/mol. The number of benzene rings is 1. The van der Waals surface area contributed by atoms with E-state index < -0.39 is 0 Å². The fourth-order valence-corrected chi connectivity index (χ4v) is 3.52. The van der Waals surface area contributed by atoms with Gasteiger partial charge in [-0.3, -0.25) is 0 Å². The van der Waals surface area contributed by atoms with E-state index in [4.69, 9.17) is 15.2 Å². The molecule has 114 valence electrons. The van der Waals surface area contributed by atoms with Gasteiger partial charge in [-0.25, -0.2) is 4.79 Å². The maximum absolute atomic E-state index is 12.2. The summed E-state index contributed by atoms with van der Waals surface area (Å²) in [5.74, 6) is -0.309. The van der Waals surface area contributed by atoms with Gasteiger partial charge in [0.1, 0.15) is 6.61 Å². The Bertz CT molecular complexity index is 535. The van der Waals surface area contributed by atoms with Crippen molar-refractivity contribution in [1.82, 2.24) is 0 Å². The summed E-state index contributed by atoms with van der Waals surface area (Å²) in [6.45, 7) is 2.18. The van der Waals surface area contributed by atoms with Crippen molar-refractivity contribution in [2.75, 3.05) is 12.3 Å². The van der Waals surface area contributed by atoms with E-state index in [1.165, 1.54) is 12.8 Å².